The first-order chi connectivity index (χ1) is 12.3. The zero-order valence-corrected chi connectivity index (χ0v) is 14.3. The van der Waals surface area contributed by atoms with E-state index in [0.29, 0.717) is 0 Å². The van der Waals surface area contributed by atoms with Gasteiger partial charge < -0.3 is 9.47 Å². The van der Waals surface area contributed by atoms with Crippen LogP contribution in [0.5, 0.6) is 0 Å². The van der Waals surface area contributed by atoms with Gasteiger partial charge in [0.15, 0.2) is 6.10 Å². The maximum Gasteiger partial charge on any atom is 0.388 e. The predicted molar refractivity (Wildman–Crippen MR) is 93.2 cm³/mol. The number of rotatable bonds is 11. The van der Waals surface area contributed by atoms with Gasteiger partial charge in [0.25, 0.3) is 5.69 Å². The van der Waals surface area contributed by atoms with Gasteiger partial charge in [-0.15, -0.1) is 13.2 Å². The molecule has 0 amide bonds. The van der Waals surface area contributed by atoms with Crippen LogP contribution in [0.15, 0.2) is 49.6 Å². The molecule has 1 aromatic carbocycles. The summed E-state index contributed by atoms with van der Waals surface area (Å²) in [6.45, 7) is 8.38. The van der Waals surface area contributed by atoms with Crippen LogP contribution >= 0.6 is 0 Å². The third kappa shape index (κ3) is 4.31. The monoisotopic (exact) mass is 364 g/mol. The molecule has 9 nitrogen and oxygen atoms in total. The molecule has 2 unspecified atom stereocenters. The van der Waals surface area contributed by atoms with Crippen molar-refractivity contribution in [2.24, 2.45) is 0 Å². The van der Waals surface area contributed by atoms with Crippen molar-refractivity contribution in [3.63, 3.8) is 0 Å². The largest absolute Gasteiger partial charge is 0.461 e. The van der Waals surface area contributed by atoms with Gasteiger partial charge in [-0.2, -0.15) is 0 Å². The summed E-state index contributed by atoms with van der Waals surface area (Å²) in [6.07, 6.45) is 0.906. The number of hydrogen-bond donors (Lipinski definition) is 0. The first-order valence-electron chi connectivity index (χ1n) is 7.74. The van der Waals surface area contributed by atoms with E-state index in [1.807, 2.05) is 0 Å². The molecule has 0 saturated heterocycles. The third-order valence-corrected chi connectivity index (χ3v) is 3.63. The number of nitro benzene ring substituents is 1. The Morgan fingerprint density at radius 2 is 1.85 bits per heavy atom. The zero-order valence-electron chi connectivity index (χ0n) is 14.3. The molecule has 9 heteroatoms. The Kier molecular flexibility index (Phi) is 7.60. The molecule has 0 aromatic heterocycles. The SMILES string of the molecule is C=CCOC(c1ccc([N+](=O)[O-])cc1)C(CC=C)(C(=O)OCC)[N+](=O)[O-]. The van der Waals surface area contributed by atoms with Crippen molar-refractivity contribution in [3.8, 4) is 0 Å². The van der Waals surface area contributed by atoms with Crippen molar-refractivity contribution in [1.29, 1.82) is 0 Å². The molecule has 0 bridgehead atoms. The zero-order chi connectivity index (χ0) is 19.7. The molecule has 0 aliphatic carbocycles. The van der Waals surface area contributed by atoms with Gasteiger partial charge >= 0.3 is 11.5 Å². The second-order valence-corrected chi connectivity index (χ2v) is 5.25. The Balaban J connectivity index is 3.53. The molecule has 0 saturated carbocycles. The number of carbonyl (C=O) groups excluding carboxylic acids is 1. The number of benzene rings is 1. The third-order valence-electron chi connectivity index (χ3n) is 3.63. The summed E-state index contributed by atoms with van der Waals surface area (Å²) in [4.78, 5) is 33.9. The maximum atomic E-state index is 12.5. The lowest BCUT2D eigenvalue weighted by Gasteiger charge is -2.30. The van der Waals surface area contributed by atoms with Gasteiger partial charge in [-0.25, -0.2) is 4.79 Å². The van der Waals surface area contributed by atoms with E-state index in [4.69, 9.17) is 9.47 Å². The molecule has 0 heterocycles. The number of hydrogen-bond acceptors (Lipinski definition) is 7. The average Bonchev–Trinajstić information content (AvgIpc) is 2.61. The average molecular weight is 364 g/mol. The quantitative estimate of drug-likeness (QED) is 0.256. The summed E-state index contributed by atoms with van der Waals surface area (Å²) >= 11 is 0. The molecule has 1 aromatic rings. The Morgan fingerprint density at radius 1 is 1.23 bits per heavy atom. The molecular formula is C17H20N2O7. The first kappa shape index (κ1) is 21.0. The number of carbonyl (C=O) groups is 1. The Morgan fingerprint density at radius 3 is 2.27 bits per heavy atom. The highest BCUT2D eigenvalue weighted by Crippen LogP contribution is 2.37. The number of ether oxygens (including phenoxy) is 2. The van der Waals surface area contributed by atoms with Crippen molar-refractivity contribution in [1.82, 2.24) is 0 Å². The van der Waals surface area contributed by atoms with Crippen LogP contribution in [0.1, 0.15) is 25.0 Å². The second kappa shape index (κ2) is 9.42. The summed E-state index contributed by atoms with van der Waals surface area (Å²) in [5.41, 5.74) is -2.25. The van der Waals surface area contributed by atoms with Gasteiger partial charge in [0.05, 0.1) is 24.6 Å². The lowest BCUT2D eigenvalue weighted by Crippen LogP contribution is -2.53. The first-order valence-corrected chi connectivity index (χ1v) is 7.74. The predicted octanol–water partition coefficient (Wildman–Crippen LogP) is 2.99. The van der Waals surface area contributed by atoms with Crippen LogP contribution in [0.3, 0.4) is 0 Å². The fraction of sp³-hybridized carbons (Fsp3) is 0.353. The smallest absolute Gasteiger partial charge is 0.388 e. The van der Waals surface area contributed by atoms with Gasteiger partial charge in [0.1, 0.15) is 0 Å². The van der Waals surface area contributed by atoms with E-state index >= 15 is 0 Å². The Bertz CT molecular complexity index is 687. The Labute approximate surface area is 150 Å². The molecule has 140 valence electrons. The van der Waals surface area contributed by atoms with Crippen LogP contribution in [0.4, 0.5) is 5.69 Å². The maximum absolute atomic E-state index is 12.5. The van der Waals surface area contributed by atoms with Crippen molar-refractivity contribution >= 4 is 11.7 Å². The van der Waals surface area contributed by atoms with Crippen molar-refractivity contribution in [2.75, 3.05) is 13.2 Å². The minimum absolute atomic E-state index is 0.0555. The fourth-order valence-electron chi connectivity index (χ4n) is 2.46. The number of nitro groups is 2. The van der Waals surface area contributed by atoms with Gasteiger partial charge in [0.2, 0.25) is 0 Å². The van der Waals surface area contributed by atoms with E-state index < -0.39 is 27.5 Å². The molecule has 0 aliphatic rings. The second-order valence-electron chi connectivity index (χ2n) is 5.25. The van der Waals surface area contributed by atoms with Crippen molar-refractivity contribution < 1.29 is 24.1 Å². The van der Waals surface area contributed by atoms with Crippen LogP contribution in [-0.4, -0.2) is 34.6 Å². The molecule has 0 aliphatic heterocycles. The molecule has 0 fully saturated rings. The van der Waals surface area contributed by atoms with Crippen LogP contribution in [-0.2, 0) is 14.3 Å². The summed E-state index contributed by atoms with van der Waals surface area (Å²) in [6, 6.07) is 4.99. The molecular weight excluding hydrogens is 344 g/mol. The number of non-ortho nitro benzene ring substituents is 1. The minimum Gasteiger partial charge on any atom is -0.461 e. The van der Waals surface area contributed by atoms with E-state index in [2.05, 4.69) is 13.2 Å². The van der Waals surface area contributed by atoms with E-state index in [1.54, 1.807) is 0 Å². The van der Waals surface area contributed by atoms with E-state index in [1.165, 1.54) is 43.3 Å². The standard InChI is InChI=1S/C17H20N2O7/c1-4-11-17(19(23)24,16(20)25-6-3)15(26-12-5-2)13-7-9-14(10-8-13)18(21)22/h4-5,7-10,15H,1-2,6,11-12H2,3H3. The van der Waals surface area contributed by atoms with Crippen molar-refractivity contribution in [2.45, 2.75) is 25.0 Å². The number of esters is 1. The summed E-state index contributed by atoms with van der Waals surface area (Å²) < 4.78 is 10.5. The van der Waals surface area contributed by atoms with E-state index in [0.717, 1.165) is 0 Å². The van der Waals surface area contributed by atoms with Crippen LogP contribution in [0, 0.1) is 20.2 Å². The van der Waals surface area contributed by atoms with Crippen LogP contribution in [0.2, 0.25) is 0 Å². The normalized spacial score (nSPS) is 13.9. The molecule has 1 rings (SSSR count). The summed E-state index contributed by atoms with van der Waals surface area (Å²) in [7, 11) is 0. The minimum atomic E-state index is -2.28. The molecule has 0 N–H and O–H groups in total. The summed E-state index contributed by atoms with van der Waals surface area (Å²) in [5.74, 6) is -1.07. The Hall–Kier alpha value is -3.07. The van der Waals surface area contributed by atoms with E-state index in [-0.39, 0.29) is 30.9 Å². The van der Waals surface area contributed by atoms with Crippen molar-refractivity contribution in [3.05, 3.63) is 75.4 Å². The summed E-state index contributed by atoms with van der Waals surface area (Å²) in [5, 5.41) is 22.7. The highest BCUT2D eigenvalue weighted by Gasteiger charge is 2.59. The van der Waals surface area contributed by atoms with Gasteiger partial charge in [0, 0.05) is 17.1 Å². The highest BCUT2D eigenvalue weighted by molar-refractivity contribution is 5.80. The van der Waals surface area contributed by atoms with Gasteiger partial charge in [-0.05, 0) is 24.6 Å². The van der Waals surface area contributed by atoms with Gasteiger partial charge in [-0.1, -0.05) is 12.2 Å². The van der Waals surface area contributed by atoms with Crippen LogP contribution in [0.25, 0.3) is 0 Å². The molecule has 0 spiro atoms. The number of nitrogens with zero attached hydrogens (tertiary/aromatic N) is 2. The van der Waals surface area contributed by atoms with E-state index in [9.17, 15) is 25.0 Å². The molecule has 0 radical (unpaired) electrons. The molecule has 26 heavy (non-hydrogen) atoms. The molecule has 2 atom stereocenters. The highest BCUT2D eigenvalue weighted by atomic mass is 16.6. The van der Waals surface area contributed by atoms with Crippen LogP contribution < -0.4 is 0 Å². The lowest BCUT2D eigenvalue weighted by atomic mass is 9.84. The lowest BCUT2D eigenvalue weighted by molar-refractivity contribution is -0.570. The van der Waals surface area contributed by atoms with Gasteiger partial charge in [-0.3, -0.25) is 20.2 Å². The fourth-order valence-corrected chi connectivity index (χ4v) is 2.46. The topological polar surface area (TPSA) is 122 Å².